The van der Waals surface area contributed by atoms with Gasteiger partial charge in [0.15, 0.2) is 11.6 Å². The molecule has 0 unspecified atom stereocenters. The van der Waals surface area contributed by atoms with E-state index in [9.17, 15) is 0 Å². The van der Waals surface area contributed by atoms with E-state index in [1.54, 1.807) is 0 Å². The van der Waals surface area contributed by atoms with Crippen LogP contribution in [0.3, 0.4) is 0 Å². The summed E-state index contributed by atoms with van der Waals surface area (Å²) in [6.07, 6.45) is 22.3. The fourth-order valence-corrected chi connectivity index (χ4v) is 12.4. The molecule has 6 nitrogen and oxygen atoms in total. The van der Waals surface area contributed by atoms with E-state index in [1.165, 1.54) is 88.9 Å². The molecule has 9 heteroatoms. The van der Waals surface area contributed by atoms with E-state index >= 15 is 0 Å². The number of rotatable bonds is 11. The zero-order chi connectivity index (χ0) is 34.1. The van der Waals surface area contributed by atoms with Gasteiger partial charge in [0.1, 0.15) is 6.71 Å². The van der Waals surface area contributed by atoms with Gasteiger partial charge in [0.25, 0.3) is 6.92 Å². The van der Waals surface area contributed by atoms with E-state index in [0.717, 1.165) is 50.5 Å². The van der Waals surface area contributed by atoms with Crippen LogP contribution in [0, 0.1) is 5.92 Å². The highest BCUT2D eigenvalue weighted by molar-refractivity contribution is 6.62. The third-order valence-electron chi connectivity index (χ3n) is 14.7. The normalized spacial score (nSPS) is 43.1. The average Bonchev–Trinajstić information content (AvgIpc) is 3.45. The summed E-state index contributed by atoms with van der Waals surface area (Å²) in [5.74, 6) is 1.87. The summed E-state index contributed by atoms with van der Waals surface area (Å²) in [6, 6.07) is 10.5. The average molecular weight is 709 g/mol. The summed E-state index contributed by atoms with van der Waals surface area (Å²) in [5.41, 5.74) is 1.20. The van der Waals surface area contributed by atoms with Crippen molar-refractivity contribution < 1.29 is 28.3 Å². The van der Waals surface area contributed by atoms with E-state index in [-0.39, 0.29) is 35.7 Å². The van der Waals surface area contributed by atoms with Crippen LogP contribution in [0.15, 0.2) is 30.3 Å². The lowest BCUT2D eigenvalue weighted by Crippen LogP contribution is -2.61. The first-order valence-corrected chi connectivity index (χ1v) is 21.4. The first-order valence-electron chi connectivity index (χ1n) is 20.9. The highest BCUT2D eigenvalue weighted by Gasteiger charge is 2.61. The molecule has 1 aromatic rings. The summed E-state index contributed by atoms with van der Waals surface area (Å²) >= 11 is 7.22. The molecular weight excluding hydrogens is 646 g/mol. The molecule has 0 saturated carbocycles. The SMILES string of the molecule is CO[C@@H]1C[C@]2(CC[C@H](C)[C@@]3(C[C@H](OB4C5CCCC4CCC5)[C@H](CCOCc4ccccc4)O3)O2)O[C@H](CCB2C3CCCC2CCC3)[C@H]1Cl. The monoisotopic (exact) mass is 708 g/mol. The molecule has 7 saturated heterocycles. The first-order chi connectivity index (χ1) is 24.4. The van der Waals surface area contributed by atoms with Gasteiger partial charge < -0.3 is 28.3 Å². The molecule has 7 heterocycles. The lowest BCUT2D eigenvalue weighted by atomic mass is 9.25. The van der Waals surface area contributed by atoms with Crippen LogP contribution in [0.5, 0.6) is 0 Å². The van der Waals surface area contributed by atoms with Crippen LogP contribution in [0.2, 0.25) is 29.6 Å². The van der Waals surface area contributed by atoms with Gasteiger partial charge in [-0.25, -0.2) is 0 Å². The largest absolute Gasteiger partial charge is 0.430 e. The molecule has 0 N–H and O–H groups in total. The van der Waals surface area contributed by atoms with Crippen molar-refractivity contribution in [3.63, 3.8) is 0 Å². The van der Waals surface area contributed by atoms with Crippen molar-refractivity contribution in [2.45, 2.75) is 200 Å². The van der Waals surface area contributed by atoms with Crippen molar-refractivity contribution in [3.8, 4) is 0 Å². The van der Waals surface area contributed by atoms with Gasteiger partial charge in [-0.15, -0.1) is 11.6 Å². The van der Waals surface area contributed by atoms with Crippen molar-refractivity contribution in [3.05, 3.63) is 35.9 Å². The van der Waals surface area contributed by atoms with Crippen LogP contribution < -0.4 is 0 Å². The maximum atomic E-state index is 7.37. The third kappa shape index (κ3) is 7.66. The highest BCUT2D eigenvalue weighted by atomic mass is 35.5. The number of alkyl halides is 1. The molecule has 0 radical (unpaired) electrons. The molecule has 50 heavy (non-hydrogen) atoms. The lowest BCUT2D eigenvalue weighted by Gasteiger charge is -2.54. The first kappa shape index (κ1) is 36.4. The number of hydrogen-bond acceptors (Lipinski definition) is 6. The topological polar surface area (TPSA) is 55.4 Å². The van der Waals surface area contributed by atoms with Gasteiger partial charge in [-0.1, -0.05) is 132 Å². The van der Waals surface area contributed by atoms with Gasteiger partial charge in [0.2, 0.25) is 0 Å². The van der Waals surface area contributed by atoms with Crippen LogP contribution in [0.4, 0.5) is 0 Å². The van der Waals surface area contributed by atoms with Crippen LogP contribution >= 0.6 is 11.6 Å². The molecule has 7 aliphatic rings. The van der Waals surface area contributed by atoms with Crippen LogP contribution in [0.25, 0.3) is 0 Å². The van der Waals surface area contributed by atoms with Gasteiger partial charge >= 0.3 is 0 Å². The molecule has 7 aliphatic heterocycles. The second-order valence-electron chi connectivity index (χ2n) is 17.7. The predicted molar refractivity (Wildman–Crippen MR) is 201 cm³/mol. The van der Waals surface area contributed by atoms with E-state index in [2.05, 4.69) is 37.3 Å². The number of hydrogen-bond donors (Lipinski definition) is 0. The Balaban J connectivity index is 0.984. The smallest absolute Gasteiger partial charge is 0.299 e. The van der Waals surface area contributed by atoms with Crippen molar-refractivity contribution in [2.75, 3.05) is 13.7 Å². The molecule has 276 valence electrons. The Morgan fingerprint density at radius 2 is 1.44 bits per heavy atom. The zero-order valence-corrected chi connectivity index (χ0v) is 31.7. The molecule has 8 atom stereocenters. The molecule has 0 aliphatic carbocycles. The minimum absolute atomic E-state index is 0.0109. The quantitative estimate of drug-likeness (QED) is 0.130. The Hall–Kier alpha value is -0.600. The predicted octanol–water partition coefficient (Wildman–Crippen LogP) is 10.1. The van der Waals surface area contributed by atoms with E-state index in [1.807, 2.05) is 7.11 Å². The molecule has 4 bridgehead atoms. The molecule has 0 aromatic heterocycles. The molecule has 1 aromatic carbocycles. The number of ether oxygens (including phenoxy) is 5. The van der Waals surface area contributed by atoms with Crippen molar-refractivity contribution in [1.29, 1.82) is 0 Å². The maximum absolute atomic E-state index is 7.37. The second-order valence-corrected chi connectivity index (χ2v) is 18.2. The van der Waals surface area contributed by atoms with Crippen molar-refractivity contribution >= 4 is 25.2 Å². The minimum Gasteiger partial charge on any atom is -0.430 e. The second kappa shape index (κ2) is 16.0. The standard InChI is InChI=1S/C41H63B2ClO6/c1-29-20-23-40(26-38(45-2)39(44)36(47-40)21-24-42-31-12-6-13-32(42)15-7-14-31)50-41(29)27-37(49-43-33-16-8-17-34(43)19-9-18-33)35(48-41)22-25-46-28-30-10-4-3-5-11-30/h3-5,10-11,29,31-39H,6-9,12-28H2,1-2H3/t29-,31?,32?,33?,34?,35-,36+,37-,38+,39+,40+,41+/m0/s1. The van der Waals surface area contributed by atoms with Gasteiger partial charge in [-0.2, -0.15) is 0 Å². The van der Waals surface area contributed by atoms with E-state index in [0.29, 0.717) is 38.2 Å². The molecular formula is C41H63B2ClO6. The van der Waals surface area contributed by atoms with Crippen molar-refractivity contribution in [1.82, 2.24) is 0 Å². The van der Waals surface area contributed by atoms with Crippen molar-refractivity contribution in [2.24, 2.45) is 5.92 Å². The Morgan fingerprint density at radius 3 is 2.10 bits per heavy atom. The maximum Gasteiger partial charge on any atom is 0.299 e. The number of benzene rings is 1. The van der Waals surface area contributed by atoms with Gasteiger partial charge in [-0.05, 0) is 36.5 Å². The highest BCUT2D eigenvalue weighted by Crippen LogP contribution is 2.55. The summed E-state index contributed by atoms with van der Waals surface area (Å²) in [7, 11) is 1.81. The zero-order valence-electron chi connectivity index (χ0n) is 31.0. The lowest BCUT2D eigenvalue weighted by molar-refractivity contribution is -0.413. The number of methoxy groups -OCH3 is 1. The fraction of sp³-hybridized carbons (Fsp3) is 0.854. The number of fused-ring (bicyclic) bond motifs is 4. The van der Waals surface area contributed by atoms with Crippen LogP contribution in [-0.2, 0) is 34.9 Å². The van der Waals surface area contributed by atoms with Gasteiger partial charge in [0, 0.05) is 38.9 Å². The van der Waals surface area contributed by atoms with Crippen LogP contribution in [0.1, 0.15) is 128 Å². The van der Waals surface area contributed by atoms with Crippen LogP contribution in [-0.4, -0.2) is 68.7 Å². The van der Waals surface area contributed by atoms with Gasteiger partial charge in [0.05, 0.1) is 36.4 Å². The van der Waals surface area contributed by atoms with Gasteiger partial charge in [-0.3, -0.25) is 0 Å². The Kier molecular flexibility index (Phi) is 11.7. The Bertz CT molecular complexity index is 1200. The summed E-state index contributed by atoms with van der Waals surface area (Å²) < 4.78 is 41.4. The number of halogens is 1. The summed E-state index contributed by atoms with van der Waals surface area (Å²) in [6.45, 7) is 4.72. The van der Waals surface area contributed by atoms with E-state index < -0.39 is 11.6 Å². The minimum atomic E-state index is -0.754. The molecule has 0 amide bonds. The fourth-order valence-electron chi connectivity index (χ4n) is 12.0. The summed E-state index contributed by atoms with van der Waals surface area (Å²) in [5, 5.41) is -0.172. The molecule has 2 spiro atoms. The molecule has 8 rings (SSSR count). The molecule has 7 fully saturated rings. The Labute approximate surface area is 308 Å². The Morgan fingerprint density at radius 1 is 0.780 bits per heavy atom. The van der Waals surface area contributed by atoms with E-state index in [4.69, 9.17) is 39.9 Å². The third-order valence-corrected chi connectivity index (χ3v) is 15.3. The summed E-state index contributed by atoms with van der Waals surface area (Å²) in [4.78, 5) is 0.